The van der Waals surface area contributed by atoms with Gasteiger partial charge in [0.15, 0.2) is 0 Å². The summed E-state index contributed by atoms with van der Waals surface area (Å²) in [5.74, 6) is 8.76. The molecule has 0 unspecified atom stereocenters. The van der Waals surface area contributed by atoms with E-state index >= 15 is 0 Å². The van der Waals surface area contributed by atoms with Crippen LogP contribution in [-0.4, -0.2) is 20.0 Å². The van der Waals surface area contributed by atoms with Gasteiger partial charge in [-0.3, -0.25) is 0 Å². The lowest BCUT2D eigenvalue weighted by molar-refractivity contribution is -0.0294. The average molecular weight is 206 g/mol. The van der Waals surface area contributed by atoms with Crippen LogP contribution in [0.5, 0.6) is 0 Å². The number of hydrogen-bond donors (Lipinski definition) is 0. The fraction of sp³-hybridized carbons (Fsp3) is 0.538. The summed E-state index contributed by atoms with van der Waals surface area (Å²) in [6.45, 7) is 6.64. The molecule has 82 valence electrons. The molecule has 2 nitrogen and oxygen atoms in total. The molecule has 0 aliphatic heterocycles. The van der Waals surface area contributed by atoms with Crippen molar-refractivity contribution < 1.29 is 9.47 Å². The minimum absolute atomic E-state index is 0.208. The van der Waals surface area contributed by atoms with Gasteiger partial charge in [-0.15, -0.1) is 13.0 Å². The maximum absolute atomic E-state index is 5.08. The second-order valence-electron chi connectivity index (χ2n) is 3.11. The van der Waals surface area contributed by atoms with E-state index in [4.69, 9.17) is 15.9 Å². The molecule has 1 atom stereocenters. The summed E-state index contributed by atoms with van der Waals surface area (Å²) in [6.07, 6.45) is 8.94. The molecule has 0 aromatic rings. The summed E-state index contributed by atoms with van der Waals surface area (Å²) in [6, 6.07) is 0. The Balaban J connectivity index is 3.37. The van der Waals surface area contributed by atoms with Gasteiger partial charge in [0, 0.05) is 5.92 Å². The van der Waals surface area contributed by atoms with Crippen molar-refractivity contribution in [1.29, 1.82) is 0 Å². The van der Waals surface area contributed by atoms with Gasteiger partial charge in [0.1, 0.15) is 20.0 Å². The molecular formula is C13H18O2. The number of terminal acetylenes is 1. The van der Waals surface area contributed by atoms with Crippen molar-refractivity contribution in [2.45, 2.75) is 19.8 Å². The zero-order chi connectivity index (χ0) is 11.4. The average Bonchev–Trinajstić information content (AvgIpc) is 2.25. The standard InChI is InChI=1S/C13H18O2/c1-4-6-8-13(3)9-7-11-15-12-14-10-5-2/h2,4,13H,1,6,8,10-12H2,3H3/t13-/m0/s1. The SMILES string of the molecule is C#CCOCOCC#C[C@@H](C)CCC=C. The minimum Gasteiger partial charge on any atom is -0.343 e. The maximum atomic E-state index is 5.08. The van der Waals surface area contributed by atoms with E-state index in [1.165, 1.54) is 0 Å². The molecule has 0 spiro atoms. The Bertz CT molecular complexity index is 252. The molecule has 0 radical (unpaired) electrons. The first kappa shape index (κ1) is 13.8. The van der Waals surface area contributed by atoms with Gasteiger partial charge in [-0.05, 0) is 12.8 Å². The fourth-order valence-corrected chi connectivity index (χ4v) is 0.908. The first-order valence-corrected chi connectivity index (χ1v) is 4.99. The van der Waals surface area contributed by atoms with Crippen molar-refractivity contribution in [1.82, 2.24) is 0 Å². The van der Waals surface area contributed by atoms with E-state index in [-0.39, 0.29) is 13.4 Å². The summed E-state index contributed by atoms with van der Waals surface area (Å²) in [5, 5.41) is 0. The van der Waals surface area contributed by atoms with Crippen molar-refractivity contribution in [3.05, 3.63) is 12.7 Å². The van der Waals surface area contributed by atoms with E-state index in [9.17, 15) is 0 Å². The van der Waals surface area contributed by atoms with Crippen LogP contribution in [0.4, 0.5) is 0 Å². The molecule has 2 heteroatoms. The molecule has 0 aromatic carbocycles. The van der Waals surface area contributed by atoms with E-state index in [1.54, 1.807) is 0 Å². The Morgan fingerprint density at radius 3 is 2.80 bits per heavy atom. The van der Waals surface area contributed by atoms with E-state index in [2.05, 4.69) is 31.3 Å². The monoisotopic (exact) mass is 206 g/mol. The van der Waals surface area contributed by atoms with Crippen molar-refractivity contribution in [3.8, 4) is 24.2 Å². The predicted molar refractivity (Wildman–Crippen MR) is 62.0 cm³/mol. The third kappa shape index (κ3) is 10.7. The zero-order valence-corrected chi connectivity index (χ0v) is 9.29. The molecule has 0 aromatic heterocycles. The van der Waals surface area contributed by atoms with Crippen LogP contribution >= 0.6 is 0 Å². The smallest absolute Gasteiger partial charge is 0.149 e. The highest BCUT2D eigenvalue weighted by molar-refractivity contribution is 5.02. The van der Waals surface area contributed by atoms with Gasteiger partial charge in [0.2, 0.25) is 0 Å². The molecule has 0 aliphatic rings. The Kier molecular flexibility index (Phi) is 9.98. The van der Waals surface area contributed by atoms with Crippen LogP contribution in [0.3, 0.4) is 0 Å². The molecule has 0 fully saturated rings. The summed E-state index contributed by atoms with van der Waals surface area (Å²) < 4.78 is 9.99. The number of allylic oxidation sites excluding steroid dienone is 1. The van der Waals surface area contributed by atoms with Crippen molar-refractivity contribution in [2.24, 2.45) is 5.92 Å². The van der Waals surface area contributed by atoms with E-state index < -0.39 is 0 Å². The first-order chi connectivity index (χ1) is 7.31. The number of rotatable bonds is 7. The first-order valence-electron chi connectivity index (χ1n) is 4.99. The second kappa shape index (κ2) is 10.9. The van der Waals surface area contributed by atoms with Crippen LogP contribution in [0.2, 0.25) is 0 Å². The normalized spacial score (nSPS) is 10.9. The van der Waals surface area contributed by atoms with Crippen molar-refractivity contribution in [2.75, 3.05) is 20.0 Å². The van der Waals surface area contributed by atoms with Gasteiger partial charge < -0.3 is 9.47 Å². The molecule has 15 heavy (non-hydrogen) atoms. The Hall–Kier alpha value is -1.22. The summed E-state index contributed by atoms with van der Waals surface area (Å²) in [4.78, 5) is 0. The number of hydrogen-bond acceptors (Lipinski definition) is 2. The highest BCUT2D eigenvalue weighted by Crippen LogP contribution is 2.03. The van der Waals surface area contributed by atoms with Gasteiger partial charge in [0.05, 0.1) is 0 Å². The van der Waals surface area contributed by atoms with Crippen molar-refractivity contribution in [3.63, 3.8) is 0 Å². The van der Waals surface area contributed by atoms with Gasteiger partial charge in [-0.2, -0.15) is 0 Å². The van der Waals surface area contributed by atoms with Crippen LogP contribution in [-0.2, 0) is 9.47 Å². The van der Waals surface area contributed by atoms with Gasteiger partial charge in [-0.25, -0.2) is 0 Å². The molecule has 0 heterocycles. The molecule has 0 N–H and O–H groups in total. The zero-order valence-electron chi connectivity index (χ0n) is 9.29. The third-order valence-corrected chi connectivity index (χ3v) is 1.68. The molecule has 0 bridgehead atoms. The highest BCUT2D eigenvalue weighted by atomic mass is 16.7. The van der Waals surface area contributed by atoms with Crippen LogP contribution in [0.25, 0.3) is 0 Å². The van der Waals surface area contributed by atoms with Crippen LogP contribution in [0.1, 0.15) is 19.8 Å². The summed E-state index contributed by atoms with van der Waals surface area (Å²) in [5.41, 5.74) is 0. The summed E-state index contributed by atoms with van der Waals surface area (Å²) >= 11 is 0. The minimum atomic E-state index is 0.208. The Morgan fingerprint density at radius 1 is 1.40 bits per heavy atom. The largest absolute Gasteiger partial charge is 0.343 e. The maximum Gasteiger partial charge on any atom is 0.149 e. The van der Waals surface area contributed by atoms with Crippen LogP contribution < -0.4 is 0 Å². The lowest BCUT2D eigenvalue weighted by Gasteiger charge is -2.00. The molecule has 0 saturated carbocycles. The van der Waals surface area contributed by atoms with Crippen molar-refractivity contribution >= 4 is 0 Å². The van der Waals surface area contributed by atoms with E-state index in [0.717, 1.165) is 12.8 Å². The molecule has 0 rings (SSSR count). The molecule has 0 aliphatic carbocycles. The van der Waals surface area contributed by atoms with Gasteiger partial charge in [-0.1, -0.05) is 30.8 Å². The predicted octanol–water partition coefficient (Wildman–Crippen LogP) is 2.22. The van der Waals surface area contributed by atoms with E-state index in [1.807, 2.05) is 6.08 Å². The lowest BCUT2D eigenvalue weighted by atomic mass is 10.1. The molecular weight excluding hydrogens is 188 g/mol. The van der Waals surface area contributed by atoms with Gasteiger partial charge >= 0.3 is 0 Å². The summed E-state index contributed by atoms with van der Waals surface area (Å²) in [7, 11) is 0. The Morgan fingerprint density at radius 2 is 2.13 bits per heavy atom. The highest BCUT2D eigenvalue weighted by Gasteiger charge is 1.93. The molecule has 0 amide bonds. The van der Waals surface area contributed by atoms with Crippen LogP contribution in [0.15, 0.2) is 12.7 Å². The quantitative estimate of drug-likeness (QED) is 0.275. The molecule has 0 saturated heterocycles. The topological polar surface area (TPSA) is 18.5 Å². The van der Waals surface area contributed by atoms with Gasteiger partial charge in [0.25, 0.3) is 0 Å². The Labute approximate surface area is 92.7 Å². The van der Waals surface area contributed by atoms with Crippen LogP contribution in [0, 0.1) is 30.1 Å². The van der Waals surface area contributed by atoms with E-state index in [0.29, 0.717) is 12.5 Å². The second-order valence-corrected chi connectivity index (χ2v) is 3.11. The fourth-order valence-electron chi connectivity index (χ4n) is 0.908. The number of ether oxygens (including phenoxy) is 2. The third-order valence-electron chi connectivity index (χ3n) is 1.68. The lowest BCUT2D eigenvalue weighted by Crippen LogP contribution is -2.00.